The number of para-hydroxylation sites is 1. The number of carbonyl (C=O) groups excluding carboxylic acids is 1. The van der Waals surface area contributed by atoms with Gasteiger partial charge in [0.1, 0.15) is 5.82 Å². The Morgan fingerprint density at radius 3 is 2.71 bits per heavy atom. The van der Waals surface area contributed by atoms with Crippen LogP contribution < -0.4 is 10.6 Å². The Bertz CT molecular complexity index is 616. The summed E-state index contributed by atoms with van der Waals surface area (Å²) in [6, 6.07) is 11.1. The summed E-state index contributed by atoms with van der Waals surface area (Å²) in [4.78, 5) is 18.4. The van der Waals surface area contributed by atoms with E-state index in [0.29, 0.717) is 17.1 Å². The van der Waals surface area contributed by atoms with Gasteiger partial charge in [0.15, 0.2) is 0 Å². The maximum Gasteiger partial charge on any atom is 0.259 e. The topological polar surface area (TPSA) is 59.2 Å². The summed E-state index contributed by atoms with van der Waals surface area (Å²) < 4.78 is 0. The van der Waals surface area contributed by atoms with Gasteiger partial charge in [-0.15, -0.1) is 0 Å². The molecule has 110 valence electrons. The summed E-state index contributed by atoms with van der Waals surface area (Å²) in [5.41, 5.74) is 6.89. The van der Waals surface area contributed by atoms with Crippen LogP contribution in [-0.4, -0.2) is 17.4 Å². The van der Waals surface area contributed by atoms with E-state index in [2.05, 4.69) is 11.9 Å². The third kappa shape index (κ3) is 3.73. The van der Waals surface area contributed by atoms with Crippen LogP contribution in [-0.2, 0) is 0 Å². The molecule has 1 amide bonds. The Hall–Kier alpha value is -2.07. The number of pyridine rings is 1. The van der Waals surface area contributed by atoms with E-state index in [1.54, 1.807) is 4.90 Å². The van der Waals surface area contributed by atoms with E-state index in [4.69, 9.17) is 17.3 Å². The minimum absolute atomic E-state index is 0.159. The van der Waals surface area contributed by atoms with Crippen molar-refractivity contribution in [3.8, 4) is 0 Å². The van der Waals surface area contributed by atoms with Gasteiger partial charge in [-0.1, -0.05) is 43.1 Å². The van der Waals surface area contributed by atoms with Crippen LogP contribution in [0, 0.1) is 0 Å². The van der Waals surface area contributed by atoms with Crippen molar-refractivity contribution < 1.29 is 4.79 Å². The number of rotatable bonds is 5. The van der Waals surface area contributed by atoms with E-state index in [1.807, 2.05) is 30.3 Å². The molecule has 2 aromatic rings. The zero-order valence-corrected chi connectivity index (χ0v) is 12.7. The van der Waals surface area contributed by atoms with Gasteiger partial charge in [0.25, 0.3) is 5.91 Å². The second-order valence-electron chi connectivity index (χ2n) is 4.73. The Balaban J connectivity index is 2.36. The van der Waals surface area contributed by atoms with Crippen molar-refractivity contribution in [1.82, 2.24) is 4.98 Å². The molecule has 0 unspecified atom stereocenters. The number of nitrogens with two attached hydrogens (primary N) is 1. The molecule has 0 aliphatic heterocycles. The van der Waals surface area contributed by atoms with E-state index in [0.717, 1.165) is 18.5 Å². The molecule has 0 spiro atoms. The molecule has 0 fully saturated rings. The highest BCUT2D eigenvalue weighted by atomic mass is 35.5. The average molecular weight is 304 g/mol. The van der Waals surface area contributed by atoms with Crippen LogP contribution >= 0.6 is 11.6 Å². The van der Waals surface area contributed by atoms with Crippen molar-refractivity contribution >= 4 is 29.0 Å². The van der Waals surface area contributed by atoms with Crippen LogP contribution in [0.15, 0.2) is 42.6 Å². The molecule has 0 saturated carbocycles. The lowest BCUT2D eigenvalue weighted by Gasteiger charge is -2.23. The lowest BCUT2D eigenvalue weighted by Crippen LogP contribution is -2.32. The summed E-state index contributed by atoms with van der Waals surface area (Å²) in [7, 11) is 0. The molecule has 2 N–H and O–H groups in total. The zero-order chi connectivity index (χ0) is 15.2. The van der Waals surface area contributed by atoms with Gasteiger partial charge in [0.2, 0.25) is 0 Å². The largest absolute Gasteiger partial charge is 0.384 e. The first-order valence-electron chi connectivity index (χ1n) is 6.91. The molecule has 21 heavy (non-hydrogen) atoms. The number of unbranched alkanes of at least 4 members (excludes halogenated alkanes) is 1. The molecular weight excluding hydrogens is 286 g/mol. The number of nitrogens with zero attached hydrogens (tertiary/aromatic N) is 2. The number of halogens is 1. The monoisotopic (exact) mass is 303 g/mol. The highest BCUT2D eigenvalue weighted by Gasteiger charge is 2.20. The van der Waals surface area contributed by atoms with Gasteiger partial charge in [-0.05, 0) is 24.6 Å². The normalized spacial score (nSPS) is 10.4. The number of hydrogen-bond donors (Lipinski definition) is 1. The molecule has 0 atom stereocenters. The van der Waals surface area contributed by atoms with Gasteiger partial charge in [0, 0.05) is 18.4 Å². The maximum atomic E-state index is 12.8. The van der Waals surface area contributed by atoms with Crippen molar-refractivity contribution in [3.05, 3.63) is 53.2 Å². The lowest BCUT2D eigenvalue weighted by molar-refractivity contribution is 0.0986. The summed E-state index contributed by atoms with van der Waals surface area (Å²) in [5, 5.41) is 0.312. The molecule has 1 heterocycles. The smallest absolute Gasteiger partial charge is 0.259 e. The highest BCUT2D eigenvalue weighted by Crippen LogP contribution is 2.23. The number of benzene rings is 1. The second-order valence-corrected chi connectivity index (χ2v) is 5.14. The Morgan fingerprint density at radius 2 is 2.05 bits per heavy atom. The first kappa shape index (κ1) is 15.3. The summed E-state index contributed by atoms with van der Waals surface area (Å²) in [6.07, 6.45) is 3.33. The highest BCUT2D eigenvalue weighted by molar-refractivity contribution is 6.34. The summed E-state index contributed by atoms with van der Waals surface area (Å²) in [6.45, 7) is 2.73. The molecule has 1 aromatic heterocycles. The van der Waals surface area contributed by atoms with Crippen LogP contribution in [0.5, 0.6) is 0 Å². The minimum atomic E-state index is -0.159. The van der Waals surface area contributed by atoms with Crippen molar-refractivity contribution in [2.24, 2.45) is 0 Å². The van der Waals surface area contributed by atoms with Gasteiger partial charge < -0.3 is 10.6 Å². The first-order valence-corrected chi connectivity index (χ1v) is 7.29. The third-order valence-electron chi connectivity index (χ3n) is 3.16. The zero-order valence-electron chi connectivity index (χ0n) is 11.9. The Kier molecular flexibility index (Phi) is 5.17. The van der Waals surface area contributed by atoms with Crippen LogP contribution in [0.2, 0.25) is 5.02 Å². The Labute approximate surface area is 129 Å². The number of aromatic nitrogens is 1. The van der Waals surface area contributed by atoms with Crippen molar-refractivity contribution in [2.75, 3.05) is 17.2 Å². The molecular formula is C16H18ClN3O. The molecule has 1 aromatic carbocycles. The van der Waals surface area contributed by atoms with Gasteiger partial charge in [-0.2, -0.15) is 0 Å². The molecule has 2 rings (SSSR count). The fraction of sp³-hybridized carbons (Fsp3) is 0.250. The van der Waals surface area contributed by atoms with Crippen molar-refractivity contribution in [2.45, 2.75) is 19.8 Å². The molecule has 0 aliphatic rings. The van der Waals surface area contributed by atoms with Crippen LogP contribution in [0.4, 0.5) is 11.5 Å². The van der Waals surface area contributed by atoms with Gasteiger partial charge in [-0.3, -0.25) is 4.79 Å². The standard InChI is InChI=1S/C16H18ClN3O/c1-2-3-9-20(12-7-5-4-6-8-12)16(21)13-10-15(18)19-11-14(13)17/h4-8,10-11H,2-3,9H2,1H3,(H2,18,19). The number of amides is 1. The SMILES string of the molecule is CCCCN(C(=O)c1cc(N)ncc1Cl)c1ccccc1. The Morgan fingerprint density at radius 1 is 1.33 bits per heavy atom. The van der Waals surface area contributed by atoms with E-state index in [-0.39, 0.29) is 11.7 Å². The number of carbonyl (C=O) groups is 1. The number of anilines is 2. The van der Waals surface area contributed by atoms with E-state index >= 15 is 0 Å². The maximum absolute atomic E-state index is 12.8. The molecule has 0 saturated heterocycles. The van der Waals surface area contributed by atoms with Crippen molar-refractivity contribution in [1.29, 1.82) is 0 Å². The van der Waals surface area contributed by atoms with Gasteiger partial charge in [0.05, 0.1) is 10.6 Å². The third-order valence-corrected chi connectivity index (χ3v) is 3.46. The second kappa shape index (κ2) is 7.09. The van der Waals surface area contributed by atoms with Crippen LogP contribution in [0.1, 0.15) is 30.1 Å². The predicted octanol–water partition coefficient (Wildman–Crippen LogP) is 3.76. The van der Waals surface area contributed by atoms with E-state index in [1.165, 1.54) is 12.3 Å². The minimum Gasteiger partial charge on any atom is -0.384 e. The molecule has 4 nitrogen and oxygen atoms in total. The van der Waals surface area contributed by atoms with Crippen LogP contribution in [0.25, 0.3) is 0 Å². The van der Waals surface area contributed by atoms with E-state index < -0.39 is 0 Å². The van der Waals surface area contributed by atoms with Crippen molar-refractivity contribution in [3.63, 3.8) is 0 Å². The molecule has 5 heteroatoms. The molecule has 0 radical (unpaired) electrons. The molecule has 0 bridgehead atoms. The summed E-state index contributed by atoms with van der Waals surface area (Å²) in [5.74, 6) is 0.125. The molecule has 0 aliphatic carbocycles. The van der Waals surface area contributed by atoms with Gasteiger partial charge in [-0.25, -0.2) is 4.98 Å². The van der Waals surface area contributed by atoms with Crippen LogP contribution in [0.3, 0.4) is 0 Å². The number of nitrogen functional groups attached to an aromatic ring is 1. The fourth-order valence-electron chi connectivity index (χ4n) is 2.04. The lowest BCUT2D eigenvalue weighted by atomic mass is 10.2. The summed E-state index contributed by atoms with van der Waals surface area (Å²) >= 11 is 6.09. The number of hydrogen-bond acceptors (Lipinski definition) is 3. The fourth-order valence-corrected chi connectivity index (χ4v) is 2.22. The quantitative estimate of drug-likeness (QED) is 0.915. The van der Waals surface area contributed by atoms with E-state index in [9.17, 15) is 4.79 Å². The average Bonchev–Trinajstić information content (AvgIpc) is 2.51. The van der Waals surface area contributed by atoms with Gasteiger partial charge >= 0.3 is 0 Å². The first-order chi connectivity index (χ1) is 10.1. The predicted molar refractivity (Wildman–Crippen MR) is 86.7 cm³/mol.